The molecule has 0 fully saturated rings. The van der Waals surface area contributed by atoms with Gasteiger partial charge in [-0.3, -0.25) is 0 Å². The molecule has 2 aromatic rings. The van der Waals surface area contributed by atoms with Crippen LogP contribution in [0.1, 0.15) is 24.0 Å². The van der Waals surface area contributed by atoms with E-state index in [0.717, 1.165) is 31.5 Å². The van der Waals surface area contributed by atoms with Crippen LogP contribution in [-0.4, -0.2) is 16.7 Å². The van der Waals surface area contributed by atoms with Crippen molar-refractivity contribution in [2.75, 3.05) is 11.4 Å². The van der Waals surface area contributed by atoms with Crippen molar-refractivity contribution in [1.82, 2.24) is 10.2 Å². The smallest absolute Gasteiger partial charge is 0.173 e. The number of hydrogen-bond acceptors (Lipinski definition) is 4. The van der Waals surface area contributed by atoms with Gasteiger partial charge in [-0.25, -0.2) is 0 Å². The van der Waals surface area contributed by atoms with Gasteiger partial charge in [0.1, 0.15) is 6.07 Å². The van der Waals surface area contributed by atoms with E-state index in [2.05, 4.69) is 39.4 Å². The second kappa shape index (κ2) is 5.07. The third-order valence-electron chi connectivity index (χ3n) is 3.44. The summed E-state index contributed by atoms with van der Waals surface area (Å²) in [5, 5.41) is 17.3. The Morgan fingerprint density at radius 3 is 2.95 bits per heavy atom. The normalized spacial score (nSPS) is 14.4. The first-order valence-corrected chi connectivity index (χ1v) is 6.47. The summed E-state index contributed by atoms with van der Waals surface area (Å²) in [5.74, 6) is 0.666. The molecule has 0 N–H and O–H groups in total. The lowest BCUT2D eigenvalue weighted by molar-refractivity contribution is 0.754. The van der Waals surface area contributed by atoms with Gasteiger partial charge in [-0.05, 0) is 37.0 Å². The van der Waals surface area contributed by atoms with Gasteiger partial charge in [0.2, 0.25) is 0 Å². The van der Waals surface area contributed by atoms with E-state index in [4.69, 9.17) is 0 Å². The highest BCUT2D eigenvalue weighted by Gasteiger charge is 2.20. The van der Waals surface area contributed by atoms with E-state index < -0.39 is 0 Å². The Labute approximate surface area is 112 Å². The topological polar surface area (TPSA) is 52.8 Å². The standard InChI is InChI=1S/C15H14N4/c16-11-13-8-9-17-18-15(13)19-10-4-3-6-12-5-1-2-7-14(12)19/h1-2,5,7-9H,3-4,6,10H2. The number of aryl methyl sites for hydroxylation is 1. The monoisotopic (exact) mass is 250 g/mol. The number of aromatic nitrogens is 2. The number of para-hydroxylation sites is 1. The van der Waals surface area contributed by atoms with Gasteiger partial charge in [-0.1, -0.05) is 18.2 Å². The lowest BCUT2D eigenvalue weighted by Gasteiger charge is -2.23. The van der Waals surface area contributed by atoms with E-state index in [9.17, 15) is 5.26 Å². The third-order valence-corrected chi connectivity index (χ3v) is 3.44. The second-order valence-electron chi connectivity index (χ2n) is 4.62. The number of hydrogen-bond donors (Lipinski definition) is 0. The molecule has 0 saturated heterocycles. The van der Waals surface area contributed by atoms with Crippen molar-refractivity contribution in [2.45, 2.75) is 19.3 Å². The molecule has 4 nitrogen and oxygen atoms in total. The summed E-state index contributed by atoms with van der Waals surface area (Å²) in [5.41, 5.74) is 3.04. The zero-order chi connectivity index (χ0) is 13.1. The molecule has 1 aliphatic heterocycles. The molecule has 2 heterocycles. The van der Waals surface area contributed by atoms with Gasteiger partial charge in [0.15, 0.2) is 5.82 Å². The van der Waals surface area contributed by atoms with Crippen molar-refractivity contribution < 1.29 is 0 Å². The molecule has 1 aliphatic rings. The highest BCUT2D eigenvalue weighted by Crippen LogP contribution is 2.32. The molecule has 0 radical (unpaired) electrons. The number of nitrogens with zero attached hydrogens (tertiary/aromatic N) is 4. The highest BCUT2D eigenvalue weighted by molar-refractivity contribution is 5.68. The molecule has 1 aromatic carbocycles. The summed E-state index contributed by atoms with van der Waals surface area (Å²) < 4.78 is 0. The third kappa shape index (κ3) is 2.15. The molecule has 4 heteroatoms. The molecule has 94 valence electrons. The number of anilines is 2. The van der Waals surface area contributed by atoms with Crippen LogP contribution in [0.2, 0.25) is 0 Å². The van der Waals surface area contributed by atoms with E-state index in [1.54, 1.807) is 12.3 Å². The first-order chi connectivity index (χ1) is 9.40. The summed E-state index contributed by atoms with van der Waals surface area (Å²) in [6.07, 6.45) is 4.90. The van der Waals surface area contributed by atoms with E-state index in [0.29, 0.717) is 11.4 Å². The molecule has 0 saturated carbocycles. The molecule has 0 aliphatic carbocycles. The van der Waals surface area contributed by atoms with Gasteiger partial charge in [0, 0.05) is 12.2 Å². The maximum atomic E-state index is 9.22. The number of benzene rings is 1. The Bertz CT molecular complexity index is 630. The minimum atomic E-state index is 0.576. The van der Waals surface area contributed by atoms with Crippen molar-refractivity contribution in [3.8, 4) is 6.07 Å². The zero-order valence-corrected chi connectivity index (χ0v) is 10.6. The molecule has 0 spiro atoms. The number of nitriles is 1. The summed E-state index contributed by atoms with van der Waals surface area (Å²) in [4.78, 5) is 2.12. The van der Waals surface area contributed by atoms with Gasteiger partial charge < -0.3 is 4.90 Å². The molecule has 0 bridgehead atoms. The lowest BCUT2D eigenvalue weighted by Crippen LogP contribution is -2.20. The Morgan fingerprint density at radius 2 is 2.05 bits per heavy atom. The van der Waals surface area contributed by atoms with Crippen LogP contribution in [0.5, 0.6) is 0 Å². The minimum absolute atomic E-state index is 0.576. The molecule has 0 unspecified atom stereocenters. The van der Waals surface area contributed by atoms with Crippen molar-refractivity contribution in [3.63, 3.8) is 0 Å². The average molecular weight is 250 g/mol. The predicted octanol–water partition coefficient (Wildman–Crippen LogP) is 2.82. The second-order valence-corrected chi connectivity index (χ2v) is 4.62. The van der Waals surface area contributed by atoms with Gasteiger partial charge in [-0.2, -0.15) is 10.4 Å². The average Bonchev–Trinajstić information content (AvgIpc) is 2.69. The zero-order valence-electron chi connectivity index (χ0n) is 10.6. The van der Waals surface area contributed by atoms with Crippen molar-refractivity contribution in [2.24, 2.45) is 0 Å². The molecule has 0 amide bonds. The molecular formula is C15H14N4. The van der Waals surface area contributed by atoms with Gasteiger partial charge in [0.25, 0.3) is 0 Å². The molecule has 1 aromatic heterocycles. The Hall–Kier alpha value is -2.41. The van der Waals surface area contributed by atoms with Crippen LogP contribution in [0.3, 0.4) is 0 Å². The van der Waals surface area contributed by atoms with Crippen LogP contribution >= 0.6 is 0 Å². The molecule has 0 atom stereocenters. The number of fused-ring (bicyclic) bond motifs is 1. The van der Waals surface area contributed by atoms with Crippen LogP contribution in [-0.2, 0) is 6.42 Å². The van der Waals surface area contributed by atoms with Crippen LogP contribution in [0.25, 0.3) is 0 Å². The summed E-state index contributed by atoms with van der Waals surface area (Å²) in [6, 6.07) is 12.2. The van der Waals surface area contributed by atoms with E-state index in [-0.39, 0.29) is 0 Å². The predicted molar refractivity (Wildman–Crippen MR) is 73.1 cm³/mol. The Morgan fingerprint density at radius 1 is 1.16 bits per heavy atom. The van der Waals surface area contributed by atoms with Crippen molar-refractivity contribution in [1.29, 1.82) is 5.26 Å². The van der Waals surface area contributed by atoms with Gasteiger partial charge in [0.05, 0.1) is 11.8 Å². The van der Waals surface area contributed by atoms with E-state index in [1.165, 1.54) is 5.56 Å². The largest absolute Gasteiger partial charge is 0.324 e. The highest BCUT2D eigenvalue weighted by atomic mass is 15.3. The summed E-state index contributed by atoms with van der Waals surface area (Å²) >= 11 is 0. The minimum Gasteiger partial charge on any atom is -0.324 e. The summed E-state index contributed by atoms with van der Waals surface area (Å²) in [6.45, 7) is 0.879. The fourth-order valence-corrected chi connectivity index (χ4v) is 2.52. The first-order valence-electron chi connectivity index (χ1n) is 6.47. The molecular weight excluding hydrogens is 236 g/mol. The van der Waals surface area contributed by atoms with Crippen LogP contribution in [0.4, 0.5) is 11.5 Å². The van der Waals surface area contributed by atoms with Crippen molar-refractivity contribution in [3.05, 3.63) is 47.7 Å². The SMILES string of the molecule is N#Cc1ccnnc1N1CCCCc2ccccc21. The quantitative estimate of drug-likeness (QED) is 0.781. The van der Waals surface area contributed by atoms with E-state index >= 15 is 0 Å². The van der Waals surface area contributed by atoms with Crippen LogP contribution < -0.4 is 4.90 Å². The fourth-order valence-electron chi connectivity index (χ4n) is 2.52. The lowest BCUT2D eigenvalue weighted by atomic mass is 10.1. The van der Waals surface area contributed by atoms with Crippen molar-refractivity contribution >= 4 is 11.5 Å². The Kier molecular flexibility index (Phi) is 3.11. The molecule has 19 heavy (non-hydrogen) atoms. The maximum Gasteiger partial charge on any atom is 0.173 e. The van der Waals surface area contributed by atoms with Gasteiger partial charge >= 0.3 is 0 Å². The first kappa shape index (κ1) is 11.7. The van der Waals surface area contributed by atoms with Crippen LogP contribution in [0, 0.1) is 11.3 Å². The maximum absolute atomic E-state index is 9.22. The summed E-state index contributed by atoms with van der Waals surface area (Å²) in [7, 11) is 0. The van der Waals surface area contributed by atoms with Crippen LogP contribution in [0.15, 0.2) is 36.5 Å². The Balaban J connectivity index is 2.12. The van der Waals surface area contributed by atoms with Gasteiger partial charge in [-0.15, -0.1) is 5.10 Å². The fraction of sp³-hybridized carbons (Fsp3) is 0.267. The van der Waals surface area contributed by atoms with E-state index in [1.807, 2.05) is 6.07 Å². The number of rotatable bonds is 1. The molecule has 3 rings (SSSR count).